The molecule has 1 amide bonds. The highest BCUT2D eigenvalue weighted by Gasteiger charge is 2.59. The Morgan fingerprint density at radius 3 is 2.74 bits per heavy atom. The van der Waals surface area contributed by atoms with E-state index in [4.69, 9.17) is 4.74 Å². The maximum Gasteiger partial charge on any atom is 0.264 e. The number of carbonyl (C=O) groups excluding carboxylic acids is 1. The van der Waals surface area contributed by atoms with Gasteiger partial charge in [0, 0.05) is 25.1 Å². The molecule has 2 aliphatic rings. The molecular formula is C24H26N4O3. The van der Waals surface area contributed by atoms with Crippen molar-refractivity contribution in [2.45, 2.75) is 44.1 Å². The predicted octanol–water partition coefficient (Wildman–Crippen LogP) is 3.05. The Kier molecular flexibility index (Phi) is 4.87. The summed E-state index contributed by atoms with van der Waals surface area (Å²) in [4.78, 5) is 14.9. The molecule has 5 rings (SSSR count). The van der Waals surface area contributed by atoms with E-state index in [2.05, 4.69) is 17.2 Å². The molecule has 1 saturated heterocycles. The smallest absolute Gasteiger partial charge is 0.264 e. The SMILES string of the molecule is C[C@H]1C[C@@H](CCn2cc([C@H](O)c3ccccc3)nn2)O[C@]12C(=O)N(C)c1ccccc12. The van der Waals surface area contributed by atoms with Gasteiger partial charge in [-0.25, -0.2) is 0 Å². The molecule has 0 saturated carbocycles. The second-order valence-electron chi connectivity index (χ2n) is 8.50. The van der Waals surface area contributed by atoms with Crippen LogP contribution in [0.3, 0.4) is 0 Å². The lowest BCUT2D eigenvalue weighted by Crippen LogP contribution is -2.42. The van der Waals surface area contributed by atoms with Crippen LogP contribution in [0.25, 0.3) is 0 Å². The molecular weight excluding hydrogens is 392 g/mol. The Morgan fingerprint density at radius 1 is 1.19 bits per heavy atom. The first-order valence-electron chi connectivity index (χ1n) is 10.7. The normalized spacial score (nSPS) is 25.9. The molecule has 2 aliphatic heterocycles. The van der Waals surface area contributed by atoms with Gasteiger partial charge in [-0.15, -0.1) is 5.10 Å². The van der Waals surface area contributed by atoms with Gasteiger partial charge in [-0.1, -0.05) is 60.7 Å². The Bertz CT molecular complexity index is 1100. The van der Waals surface area contributed by atoms with Crippen molar-refractivity contribution in [3.63, 3.8) is 0 Å². The number of benzene rings is 2. The summed E-state index contributed by atoms with van der Waals surface area (Å²) >= 11 is 0. The molecule has 1 N–H and O–H groups in total. The number of carbonyl (C=O) groups is 1. The first kappa shape index (κ1) is 19.9. The fourth-order valence-electron chi connectivity index (χ4n) is 4.94. The van der Waals surface area contributed by atoms with Crippen molar-refractivity contribution in [2.24, 2.45) is 5.92 Å². The maximum atomic E-state index is 13.2. The molecule has 1 fully saturated rings. The van der Waals surface area contributed by atoms with E-state index in [1.165, 1.54) is 0 Å². The van der Waals surface area contributed by atoms with Crippen molar-refractivity contribution in [1.82, 2.24) is 15.0 Å². The molecule has 0 bridgehead atoms. The van der Waals surface area contributed by atoms with E-state index >= 15 is 0 Å². The number of hydrogen-bond donors (Lipinski definition) is 1. The van der Waals surface area contributed by atoms with Crippen LogP contribution < -0.4 is 4.90 Å². The van der Waals surface area contributed by atoms with Gasteiger partial charge in [0.15, 0.2) is 5.60 Å². The Hall–Kier alpha value is -3.03. The first-order valence-corrected chi connectivity index (χ1v) is 10.7. The fraction of sp³-hybridized carbons (Fsp3) is 0.375. The summed E-state index contributed by atoms with van der Waals surface area (Å²) in [6.07, 6.45) is 2.45. The predicted molar refractivity (Wildman–Crippen MR) is 115 cm³/mol. The molecule has 1 aromatic heterocycles. The van der Waals surface area contributed by atoms with Crippen LogP contribution in [0.5, 0.6) is 0 Å². The van der Waals surface area contributed by atoms with Crippen molar-refractivity contribution in [2.75, 3.05) is 11.9 Å². The summed E-state index contributed by atoms with van der Waals surface area (Å²) in [7, 11) is 1.81. The van der Waals surface area contributed by atoms with Gasteiger partial charge in [-0.2, -0.15) is 0 Å². The minimum absolute atomic E-state index is 0.0118. The number of anilines is 1. The molecule has 7 nitrogen and oxygen atoms in total. The van der Waals surface area contributed by atoms with E-state index in [1.54, 1.807) is 15.8 Å². The average Bonchev–Trinajstić information content (AvgIpc) is 3.46. The van der Waals surface area contributed by atoms with E-state index in [0.29, 0.717) is 12.2 Å². The topological polar surface area (TPSA) is 80.5 Å². The third kappa shape index (κ3) is 3.16. The van der Waals surface area contributed by atoms with Gasteiger partial charge in [0.2, 0.25) is 0 Å². The van der Waals surface area contributed by atoms with Crippen LogP contribution in [0.2, 0.25) is 0 Å². The molecule has 7 heteroatoms. The van der Waals surface area contributed by atoms with Gasteiger partial charge >= 0.3 is 0 Å². The van der Waals surface area contributed by atoms with Crippen molar-refractivity contribution >= 4 is 11.6 Å². The van der Waals surface area contributed by atoms with Crippen molar-refractivity contribution in [3.8, 4) is 0 Å². The number of amides is 1. The summed E-state index contributed by atoms with van der Waals surface area (Å²) in [6, 6.07) is 17.3. The summed E-state index contributed by atoms with van der Waals surface area (Å²) in [6.45, 7) is 2.70. The molecule has 0 unspecified atom stereocenters. The minimum atomic E-state index is -0.896. The molecule has 1 spiro atoms. The monoisotopic (exact) mass is 418 g/mol. The van der Waals surface area contributed by atoms with Crippen LogP contribution in [0.1, 0.15) is 42.7 Å². The van der Waals surface area contributed by atoms with Gasteiger partial charge in [0.25, 0.3) is 5.91 Å². The van der Waals surface area contributed by atoms with Crippen molar-refractivity contribution < 1.29 is 14.6 Å². The lowest BCUT2D eigenvalue weighted by Gasteiger charge is -2.27. The highest BCUT2D eigenvalue weighted by Crippen LogP contribution is 2.52. The van der Waals surface area contributed by atoms with Gasteiger partial charge in [0.05, 0.1) is 18.0 Å². The number of fused-ring (bicyclic) bond motifs is 2. The lowest BCUT2D eigenvalue weighted by atomic mass is 9.83. The number of para-hydroxylation sites is 1. The quantitative estimate of drug-likeness (QED) is 0.689. The van der Waals surface area contributed by atoms with Gasteiger partial charge in [0.1, 0.15) is 11.8 Å². The number of aromatic nitrogens is 3. The van der Waals surface area contributed by atoms with Crippen LogP contribution in [-0.2, 0) is 21.7 Å². The van der Waals surface area contributed by atoms with Gasteiger partial charge in [-0.3, -0.25) is 9.48 Å². The van der Waals surface area contributed by atoms with E-state index in [1.807, 2.05) is 61.6 Å². The second kappa shape index (κ2) is 7.59. The number of rotatable bonds is 5. The summed E-state index contributed by atoms with van der Waals surface area (Å²) < 4.78 is 8.21. The summed E-state index contributed by atoms with van der Waals surface area (Å²) in [5.41, 5.74) is 2.30. The van der Waals surface area contributed by atoms with Gasteiger partial charge < -0.3 is 14.7 Å². The number of ether oxygens (including phenoxy) is 1. The van der Waals surface area contributed by atoms with Crippen LogP contribution >= 0.6 is 0 Å². The number of aliphatic hydroxyl groups excluding tert-OH is 1. The summed E-state index contributed by atoms with van der Waals surface area (Å²) in [5.74, 6) is 0.0973. The van der Waals surface area contributed by atoms with Crippen LogP contribution in [0, 0.1) is 5.92 Å². The van der Waals surface area contributed by atoms with Crippen molar-refractivity contribution in [1.29, 1.82) is 0 Å². The van der Waals surface area contributed by atoms with Crippen LogP contribution in [0.15, 0.2) is 60.8 Å². The fourth-order valence-corrected chi connectivity index (χ4v) is 4.94. The van der Waals surface area contributed by atoms with E-state index in [-0.39, 0.29) is 17.9 Å². The van der Waals surface area contributed by atoms with E-state index in [0.717, 1.165) is 29.7 Å². The maximum absolute atomic E-state index is 13.2. The van der Waals surface area contributed by atoms with Crippen LogP contribution in [-0.4, -0.2) is 39.2 Å². The molecule has 2 aromatic carbocycles. The second-order valence-corrected chi connectivity index (χ2v) is 8.50. The minimum Gasteiger partial charge on any atom is -0.382 e. The zero-order valence-electron chi connectivity index (χ0n) is 17.7. The Balaban J connectivity index is 1.28. The zero-order chi connectivity index (χ0) is 21.6. The summed E-state index contributed by atoms with van der Waals surface area (Å²) in [5, 5.41) is 18.8. The largest absolute Gasteiger partial charge is 0.382 e. The third-order valence-corrected chi connectivity index (χ3v) is 6.58. The number of aliphatic hydroxyl groups is 1. The Morgan fingerprint density at radius 2 is 1.94 bits per heavy atom. The molecule has 3 heterocycles. The van der Waals surface area contributed by atoms with E-state index in [9.17, 15) is 9.90 Å². The standard InChI is InChI=1S/C24H26N4O3/c1-16-14-18(31-24(16)19-10-6-7-11-21(19)27(2)23(24)30)12-13-28-15-20(25-26-28)22(29)17-8-4-3-5-9-17/h3-11,15-16,18,22,29H,12-14H2,1-2H3/t16-,18+,22+,24+/m0/s1. The Labute approximate surface area is 181 Å². The van der Waals surface area contributed by atoms with Crippen molar-refractivity contribution in [3.05, 3.63) is 77.6 Å². The average molecular weight is 418 g/mol. The molecule has 0 radical (unpaired) electrons. The molecule has 0 aliphatic carbocycles. The number of nitrogens with zero attached hydrogens (tertiary/aromatic N) is 4. The first-order chi connectivity index (χ1) is 15.0. The molecule has 3 aromatic rings. The molecule has 160 valence electrons. The highest BCUT2D eigenvalue weighted by atomic mass is 16.5. The highest BCUT2D eigenvalue weighted by molar-refractivity contribution is 6.07. The molecule has 4 atom stereocenters. The number of likely N-dealkylation sites (N-methyl/N-ethyl adjacent to an activating group) is 1. The number of aryl methyl sites for hydroxylation is 1. The lowest BCUT2D eigenvalue weighted by molar-refractivity contribution is -0.145. The van der Waals surface area contributed by atoms with E-state index < -0.39 is 11.7 Å². The number of hydrogen-bond acceptors (Lipinski definition) is 5. The molecule has 31 heavy (non-hydrogen) atoms. The third-order valence-electron chi connectivity index (χ3n) is 6.58. The van der Waals surface area contributed by atoms with Gasteiger partial charge in [-0.05, 0) is 24.5 Å². The van der Waals surface area contributed by atoms with Crippen LogP contribution in [0.4, 0.5) is 5.69 Å². The zero-order valence-corrected chi connectivity index (χ0v) is 17.7.